The van der Waals surface area contributed by atoms with Crippen molar-refractivity contribution in [1.82, 2.24) is 10.3 Å². The molecule has 6 nitrogen and oxygen atoms in total. The molecule has 0 radical (unpaired) electrons. The summed E-state index contributed by atoms with van der Waals surface area (Å²) in [7, 11) is 0. The normalized spacial score (nSPS) is 12.8. The quantitative estimate of drug-likeness (QED) is 0.733. The Bertz CT molecular complexity index is 493. The van der Waals surface area contributed by atoms with Gasteiger partial charge >= 0.3 is 5.97 Å². The van der Waals surface area contributed by atoms with Crippen LogP contribution < -0.4 is 10.9 Å². The average Bonchev–Trinajstić information content (AvgIpc) is 2.24. The van der Waals surface area contributed by atoms with E-state index in [-0.39, 0.29) is 11.1 Å². The second-order valence-corrected chi connectivity index (χ2v) is 5.05. The summed E-state index contributed by atoms with van der Waals surface area (Å²) in [6.45, 7) is 5.16. The van der Waals surface area contributed by atoms with Gasteiger partial charge in [-0.05, 0) is 11.5 Å². The molecule has 1 heterocycles. The molecular weight excluding hydrogens is 236 g/mol. The molecule has 1 rings (SSSR count). The summed E-state index contributed by atoms with van der Waals surface area (Å²) in [4.78, 5) is 36.1. The molecule has 0 unspecified atom stereocenters. The molecule has 0 spiro atoms. The number of amides is 1. The second-order valence-electron chi connectivity index (χ2n) is 5.05. The highest BCUT2D eigenvalue weighted by Gasteiger charge is 2.32. The van der Waals surface area contributed by atoms with Gasteiger partial charge in [0, 0.05) is 12.3 Å². The fraction of sp³-hybridized carbons (Fsp3) is 0.417. The number of rotatable bonds is 3. The SMILES string of the molecule is CC(C)(C)[C@@H](NC(=O)c1ccc(=O)[nH]c1)C(=O)O. The number of hydrogen-bond acceptors (Lipinski definition) is 3. The summed E-state index contributed by atoms with van der Waals surface area (Å²) in [5.74, 6) is -1.63. The number of carboxylic acid groups (broad SMARTS) is 1. The van der Waals surface area contributed by atoms with E-state index in [4.69, 9.17) is 5.11 Å². The minimum Gasteiger partial charge on any atom is -0.480 e. The van der Waals surface area contributed by atoms with Crippen LogP contribution in [0.15, 0.2) is 23.1 Å². The predicted molar refractivity (Wildman–Crippen MR) is 65.4 cm³/mol. The van der Waals surface area contributed by atoms with Crippen LogP contribution in [-0.2, 0) is 4.79 Å². The van der Waals surface area contributed by atoms with Crippen molar-refractivity contribution in [2.75, 3.05) is 0 Å². The van der Waals surface area contributed by atoms with Gasteiger partial charge in [0.05, 0.1) is 5.56 Å². The van der Waals surface area contributed by atoms with E-state index in [1.54, 1.807) is 20.8 Å². The lowest BCUT2D eigenvalue weighted by molar-refractivity contribution is -0.142. The molecule has 0 aliphatic carbocycles. The molecule has 98 valence electrons. The summed E-state index contributed by atoms with van der Waals surface area (Å²) < 4.78 is 0. The van der Waals surface area contributed by atoms with Crippen molar-refractivity contribution < 1.29 is 14.7 Å². The standard InChI is InChI=1S/C12H16N2O4/c1-12(2,3)9(11(17)18)14-10(16)7-4-5-8(15)13-6-7/h4-6,9H,1-3H3,(H,13,15)(H,14,16)(H,17,18)/t9-/m0/s1. The number of hydrogen-bond donors (Lipinski definition) is 3. The molecule has 0 saturated heterocycles. The number of aromatic amines is 1. The van der Waals surface area contributed by atoms with Crippen LogP contribution in [0.1, 0.15) is 31.1 Å². The fourth-order valence-electron chi connectivity index (χ4n) is 1.41. The van der Waals surface area contributed by atoms with Gasteiger partial charge in [-0.2, -0.15) is 0 Å². The van der Waals surface area contributed by atoms with Crippen molar-refractivity contribution in [2.45, 2.75) is 26.8 Å². The van der Waals surface area contributed by atoms with E-state index in [2.05, 4.69) is 10.3 Å². The molecule has 18 heavy (non-hydrogen) atoms. The Hall–Kier alpha value is -2.11. The van der Waals surface area contributed by atoms with E-state index in [0.717, 1.165) is 0 Å². The Balaban J connectivity index is 2.89. The van der Waals surface area contributed by atoms with Crippen molar-refractivity contribution in [2.24, 2.45) is 5.41 Å². The molecule has 1 aromatic rings. The van der Waals surface area contributed by atoms with Crippen LogP contribution >= 0.6 is 0 Å². The number of nitrogens with one attached hydrogen (secondary N) is 2. The molecule has 0 bridgehead atoms. The number of aliphatic carboxylic acids is 1. The maximum Gasteiger partial charge on any atom is 0.326 e. The van der Waals surface area contributed by atoms with Crippen LogP contribution in [0.3, 0.4) is 0 Å². The van der Waals surface area contributed by atoms with E-state index in [1.807, 2.05) is 0 Å². The number of carboxylic acids is 1. The zero-order valence-electron chi connectivity index (χ0n) is 10.5. The van der Waals surface area contributed by atoms with E-state index >= 15 is 0 Å². The highest BCUT2D eigenvalue weighted by atomic mass is 16.4. The third kappa shape index (κ3) is 3.44. The maximum absolute atomic E-state index is 11.8. The van der Waals surface area contributed by atoms with Gasteiger partial charge in [0.2, 0.25) is 5.56 Å². The number of H-pyrrole nitrogens is 1. The van der Waals surface area contributed by atoms with Crippen LogP contribution in [0.4, 0.5) is 0 Å². The van der Waals surface area contributed by atoms with Crippen molar-refractivity contribution in [3.8, 4) is 0 Å². The first-order chi connectivity index (χ1) is 8.21. The summed E-state index contributed by atoms with van der Waals surface area (Å²) in [5.41, 5.74) is -0.716. The Kier molecular flexibility index (Phi) is 3.90. The minimum atomic E-state index is -1.10. The number of pyridine rings is 1. The molecule has 0 saturated carbocycles. The van der Waals surface area contributed by atoms with Gasteiger partial charge in [-0.1, -0.05) is 20.8 Å². The molecular formula is C12H16N2O4. The maximum atomic E-state index is 11.8. The lowest BCUT2D eigenvalue weighted by Crippen LogP contribution is -2.49. The number of aromatic nitrogens is 1. The van der Waals surface area contributed by atoms with Crippen molar-refractivity contribution in [3.05, 3.63) is 34.2 Å². The lowest BCUT2D eigenvalue weighted by atomic mass is 9.86. The summed E-state index contributed by atoms with van der Waals surface area (Å²) in [6, 6.07) is 1.55. The minimum absolute atomic E-state index is 0.213. The van der Waals surface area contributed by atoms with Crippen LogP contribution in [0.25, 0.3) is 0 Å². The molecule has 1 amide bonds. The average molecular weight is 252 g/mol. The highest BCUT2D eigenvalue weighted by Crippen LogP contribution is 2.19. The Morgan fingerprint density at radius 3 is 2.33 bits per heavy atom. The Morgan fingerprint density at radius 1 is 1.33 bits per heavy atom. The van der Waals surface area contributed by atoms with Gasteiger partial charge in [0.1, 0.15) is 6.04 Å². The van der Waals surface area contributed by atoms with Crippen LogP contribution in [0.2, 0.25) is 0 Å². The predicted octanol–water partition coefficient (Wildman–Crippen LogP) is 0.604. The van der Waals surface area contributed by atoms with E-state index in [1.165, 1.54) is 18.3 Å². The highest BCUT2D eigenvalue weighted by molar-refractivity contribution is 5.96. The molecule has 3 N–H and O–H groups in total. The molecule has 1 atom stereocenters. The first-order valence-corrected chi connectivity index (χ1v) is 5.44. The molecule has 0 aliphatic rings. The van der Waals surface area contributed by atoms with Gasteiger partial charge in [-0.3, -0.25) is 9.59 Å². The van der Waals surface area contributed by atoms with Crippen LogP contribution in [0, 0.1) is 5.41 Å². The summed E-state index contributed by atoms with van der Waals surface area (Å²) >= 11 is 0. The fourth-order valence-corrected chi connectivity index (χ4v) is 1.41. The molecule has 0 aromatic carbocycles. The van der Waals surface area contributed by atoms with Crippen LogP contribution in [0.5, 0.6) is 0 Å². The number of carbonyl (C=O) groups is 2. The second kappa shape index (κ2) is 5.03. The van der Waals surface area contributed by atoms with Crippen molar-refractivity contribution in [1.29, 1.82) is 0 Å². The monoisotopic (exact) mass is 252 g/mol. The third-order valence-electron chi connectivity index (χ3n) is 2.43. The Labute approximate surface area is 104 Å². The first-order valence-electron chi connectivity index (χ1n) is 5.44. The zero-order chi connectivity index (χ0) is 13.9. The zero-order valence-corrected chi connectivity index (χ0v) is 10.5. The smallest absolute Gasteiger partial charge is 0.326 e. The van der Waals surface area contributed by atoms with E-state index in [9.17, 15) is 14.4 Å². The van der Waals surface area contributed by atoms with Gasteiger partial charge in [-0.15, -0.1) is 0 Å². The topological polar surface area (TPSA) is 99.3 Å². The van der Waals surface area contributed by atoms with Gasteiger partial charge < -0.3 is 15.4 Å². The van der Waals surface area contributed by atoms with E-state index < -0.39 is 23.3 Å². The largest absolute Gasteiger partial charge is 0.480 e. The number of carbonyl (C=O) groups excluding carboxylic acids is 1. The molecule has 1 aromatic heterocycles. The first kappa shape index (κ1) is 14.0. The van der Waals surface area contributed by atoms with Gasteiger partial charge in [0.15, 0.2) is 0 Å². The third-order valence-corrected chi connectivity index (χ3v) is 2.43. The lowest BCUT2D eigenvalue weighted by Gasteiger charge is -2.27. The van der Waals surface area contributed by atoms with Gasteiger partial charge in [-0.25, -0.2) is 4.79 Å². The van der Waals surface area contributed by atoms with Gasteiger partial charge in [0.25, 0.3) is 5.91 Å². The summed E-state index contributed by atoms with van der Waals surface area (Å²) in [5, 5.41) is 11.5. The van der Waals surface area contributed by atoms with E-state index in [0.29, 0.717) is 0 Å². The van der Waals surface area contributed by atoms with Crippen LogP contribution in [-0.4, -0.2) is 28.0 Å². The summed E-state index contributed by atoms with van der Waals surface area (Å²) in [6.07, 6.45) is 1.25. The Morgan fingerprint density at radius 2 is 1.94 bits per heavy atom. The van der Waals surface area contributed by atoms with Crippen molar-refractivity contribution in [3.63, 3.8) is 0 Å². The van der Waals surface area contributed by atoms with Crippen molar-refractivity contribution >= 4 is 11.9 Å². The molecule has 0 aliphatic heterocycles. The molecule has 6 heteroatoms. The molecule has 0 fully saturated rings.